The first-order valence-electron chi connectivity index (χ1n) is 9.41. The van der Waals surface area contributed by atoms with Crippen molar-refractivity contribution in [1.29, 1.82) is 0 Å². The number of nitrogens with zero attached hydrogens (tertiary/aromatic N) is 5. The lowest BCUT2D eigenvalue weighted by atomic mass is 9.74. The van der Waals surface area contributed by atoms with E-state index in [0.29, 0.717) is 10.0 Å². The Balaban J connectivity index is 1.53. The number of halogens is 2. The third kappa shape index (κ3) is 3.27. The monoisotopic (exact) mass is 413 g/mol. The van der Waals surface area contributed by atoms with Gasteiger partial charge in [-0.25, -0.2) is 0 Å². The molecule has 0 radical (unpaired) electrons. The molecule has 0 unspecified atom stereocenters. The van der Waals surface area contributed by atoms with Gasteiger partial charge in [0.15, 0.2) is 0 Å². The molecule has 4 aliphatic rings. The van der Waals surface area contributed by atoms with Crippen LogP contribution in [0.3, 0.4) is 0 Å². The van der Waals surface area contributed by atoms with E-state index in [-0.39, 0.29) is 5.41 Å². The smallest absolute Gasteiger partial charge is 0.0802 e. The highest BCUT2D eigenvalue weighted by Gasteiger charge is 2.51. The molecule has 0 amide bonds. The van der Waals surface area contributed by atoms with Gasteiger partial charge in [-0.05, 0) is 11.6 Å². The van der Waals surface area contributed by atoms with Crippen molar-refractivity contribution in [3.63, 3.8) is 0 Å². The second-order valence-electron chi connectivity index (χ2n) is 7.89. The highest BCUT2D eigenvalue weighted by Crippen LogP contribution is 2.38. The summed E-state index contributed by atoms with van der Waals surface area (Å²) in [5, 5.41) is 10.2. The summed E-state index contributed by atoms with van der Waals surface area (Å²) in [6.45, 7) is 6.18. The first-order chi connectivity index (χ1) is 13.6. The van der Waals surface area contributed by atoms with E-state index >= 15 is 0 Å². The van der Waals surface area contributed by atoms with Crippen molar-refractivity contribution in [3.05, 3.63) is 69.7 Å². The zero-order valence-corrected chi connectivity index (χ0v) is 16.9. The highest BCUT2D eigenvalue weighted by molar-refractivity contribution is 6.43. The molecule has 2 aromatic carbocycles. The minimum atomic E-state index is -0.0361. The lowest BCUT2D eigenvalue weighted by Gasteiger charge is -2.60. The van der Waals surface area contributed by atoms with Crippen LogP contribution in [0.1, 0.15) is 11.1 Å². The molecule has 6 rings (SSSR count). The lowest BCUT2D eigenvalue weighted by Crippen LogP contribution is -2.74. The van der Waals surface area contributed by atoms with Crippen molar-refractivity contribution < 1.29 is 0 Å². The molecule has 4 bridgehead atoms. The molecule has 0 aromatic heterocycles. The van der Waals surface area contributed by atoms with E-state index in [1.807, 2.05) is 18.2 Å². The molecule has 0 atom stereocenters. The van der Waals surface area contributed by atoms with Crippen LogP contribution in [0.5, 0.6) is 0 Å². The molecule has 2 aromatic rings. The van der Waals surface area contributed by atoms with Crippen molar-refractivity contribution in [1.82, 2.24) is 14.7 Å². The Hall–Kier alpha value is -1.76. The maximum absolute atomic E-state index is 6.29. The van der Waals surface area contributed by atoms with Gasteiger partial charge in [0.05, 0.1) is 47.4 Å². The second-order valence-corrected chi connectivity index (χ2v) is 8.68. The Morgan fingerprint density at radius 3 is 2.14 bits per heavy atom. The minimum absolute atomic E-state index is 0.0361. The predicted molar refractivity (Wildman–Crippen MR) is 114 cm³/mol. The first kappa shape index (κ1) is 18.3. The molecule has 4 fully saturated rings. The summed E-state index contributed by atoms with van der Waals surface area (Å²) in [6, 6.07) is 15.9. The number of rotatable bonds is 4. The normalized spacial score (nSPS) is 31.6. The summed E-state index contributed by atoms with van der Waals surface area (Å²) in [7, 11) is 0. The fourth-order valence-corrected chi connectivity index (χ4v) is 5.13. The van der Waals surface area contributed by atoms with Crippen LogP contribution in [0, 0.1) is 5.41 Å². The molecule has 7 heteroatoms. The topological polar surface area (TPSA) is 34.4 Å². The molecular weight excluding hydrogens is 393 g/mol. The van der Waals surface area contributed by atoms with Crippen molar-refractivity contribution in [2.45, 2.75) is 0 Å². The average Bonchev–Trinajstić information content (AvgIpc) is 2.68. The Labute approximate surface area is 174 Å². The summed E-state index contributed by atoms with van der Waals surface area (Å²) in [4.78, 5) is 7.48. The van der Waals surface area contributed by atoms with E-state index < -0.39 is 0 Å². The largest absolute Gasteiger partial charge is 0.276 e. The van der Waals surface area contributed by atoms with E-state index in [0.717, 1.165) is 56.5 Å². The van der Waals surface area contributed by atoms with Crippen LogP contribution in [0.25, 0.3) is 0 Å². The Morgan fingerprint density at radius 1 is 0.857 bits per heavy atom. The maximum Gasteiger partial charge on any atom is 0.0802 e. The van der Waals surface area contributed by atoms with E-state index in [4.69, 9.17) is 28.3 Å². The highest BCUT2D eigenvalue weighted by atomic mass is 35.5. The number of hydrogen-bond acceptors (Lipinski definition) is 5. The summed E-state index contributed by atoms with van der Waals surface area (Å²) < 4.78 is 0. The zero-order chi connectivity index (χ0) is 19.1. The molecule has 0 spiro atoms. The fourth-order valence-electron chi connectivity index (χ4n) is 4.78. The molecule has 4 aliphatic heterocycles. The van der Waals surface area contributed by atoms with Gasteiger partial charge in [-0.1, -0.05) is 65.7 Å². The Bertz CT molecular complexity index is 906. The quantitative estimate of drug-likeness (QED) is 0.566. The van der Waals surface area contributed by atoms with Gasteiger partial charge in [-0.3, -0.25) is 14.7 Å². The number of hydrogen-bond donors (Lipinski definition) is 0. The molecule has 0 saturated carbocycles. The third-order valence-electron chi connectivity index (χ3n) is 5.66. The van der Waals surface area contributed by atoms with Gasteiger partial charge in [0.1, 0.15) is 0 Å². The molecule has 4 saturated heterocycles. The number of benzene rings is 2. The molecule has 4 heterocycles. The molecular formula is C21H21Cl2N5. The second kappa shape index (κ2) is 7.25. The van der Waals surface area contributed by atoms with Crippen molar-refractivity contribution in [3.8, 4) is 0 Å². The van der Waals surface area contributed by atoms with Crippen LogP contribution in [-0.4, -0.2) is 66.3 Å². The van der Waals surface area contributed by atoms with Crippen LogP contribution < -0.4 is 0 Å². The van der Waals surface area contributed by atoms with Gasteiger partial charge in [0.25, 0.3) is 0 Å². The lowest BCUT2D eigenvalue weighted by molar-refractivity contribution is -0.149. The summed E-state index contributed by atoms with van der Waals surface area (Å²) in [6.07, 6.45) is 1.69. The third-order valence-corrected chi connectivity index (χ3v) is 6.50. The maximum atomic E-state index is 6.29. The summed E-state index contributed by atoms with van der Waals surface area (Å²) in [5.74, 6) is 0. The van der Waals surface area contributed by atoms with Gasteiger partial charge in [-0.2, -0.15) is 10.2 Å². The van der Waals surface area contributed by atoms with Gasteiger partial charge in [0.2, 0.25) is 0 Å². The Kier molecular flexibility index (Phi) is 4.73. The van der Waals surface area contributed by atoms with Gasteiger partial charge >= 0.3 is 0 Å². The van der Waals surface area contributed by atoms with Crippen LogP contribution in [0.4, 0.5) is 0 Å². The van der Waals surface area contributed by atoms with Crippen LogP contribution >= 0.6 is 23.2 Å². The molecule has 144 valence electrons. The van der Waals surface area contributed by atoms with Gasteiger partial charge < -0.3 is 0 Å². The minimum Gasteiger partial charge on any atom is -0.276 e. The van der Waals surface area contributed by atoms with Crippen LogP contribution in [0.2, 0.25) is 10.0 Å². The molecule has 28 heavy (non-hydrogen) atoms. The fraction of sp³-hybridized carbons (Fsp3) is 0.333. The van der Waals surface area contributed by atoms with Gasteiger partial charge in [-0.15, -0.1) is 0 Å². The van der Waals surface area contributed by atoms with Gasteiger partial charge in [0, 0.05) is 25.2 Å². The van der Waals surface area contributed by atoms with Crippen molar-refractivity contribution in [2.24, 2.45) is 15.6 Å². The van der Waals surface area contributed by atoms with E-state index in [2.05, 4.69) is 44.1 Å². The Morgan fingerprint density at radius 2 is 1.50 bits per heavy atom. The van der Waals surface area contributed by atoms with Crippen molar-refractivity contribution >= 4 is 35.1 Å². The van der Waals surface area contributed by atoms with Crippen molar-refractivity contribution in [2.75, 3.05) is 39.6 Å². The average molecular weight is 414 g/mol. The SMILES string of the molecule is Clc1cccc(/C=N/N=C(/c2ccccc2)C23CN4CN(CN(C4)C2)C3)c1Cl. The van der Waals surface area contributed by atoms with E-state index in [1.54, 1.807) is 12.3 Å². The molecule has 0 aliphatic carbocycles. The van der Waals surface area contributed by atoms with Crippen LogP contribution in [-0.2, 0) is 0 Å². The summed E-state index contributed by atoms with van der Waals surface area (Å²) in [5.41, 5.74) is 2.90. The van der Waals surface area contributed by atoms with Crippen LogP contribution in [0.15, 0.2) is 58.7 Å². The van der Waals surface area contributed by atoms with E-state index in [1.165, 1.54) is 0 Å². The molecule has 0 N–H and O–H groups in total. The molecule has 5 nitrogen and oxygen atoms in total. The standard InChI is InChI=1S/C21H21Cl2N5/c22-18-8-4-7-17(19(18)23)9-24-25-20(16-5-2-1-3-6-16)21-10-26-13-27(11-21)15-28(12-21)14-26/h1-9H,10-15H2/b24-9+,25-20-. The zero-order valence-electron chi connectivity index (χ0n) is 15.4. The van der Waals surface area contributed by atoms with E-state index in [9.17, 15) is 0 Å². The first-order valence-corrected chi connectivity index (χ1v) is 10.2. The summed E-state index contributed by atoms with van der Waals surface area (Å²) >= 11 is 12.4. The predicted octanol–water partition coefficient (Wildman–Crippen LogP) is 3.62.